The molecule has 1 aliphatic rings. The molecule has 0 bridgehead atoms. The molecule has 0 aliphatic heterocycles. The van der Waals surface area contributed by atoms with Gasteiger partial charge in [0.25, 0.3) is 5.91 Å². The van der Waals surface area contributed by atoms with Gasteiger partial charge in [0.05, 0.1) is 12.7 Å². The van der Waals surface area contributed by atoms with Crippen LogP contribution in [0, 0.1) is 0 Å². The zero-order valence-corrected chi connectivity index (χ0v) is 14.0. The van der Waals surface area contributed by atoms with E-state index in [1.165, 1.54) is 16.5 Å². The standard InChI is InChI=1S/C20H16ClNO2/c1-24-18-10-8-14(21)11-16(18)20(23)22-17-9-7-13-6-5-12-3-2-4-15(17)19(12)13/h2-4,7-11H,5-6H2,1H3,(H,22,23). The molecule has 1 aliphatic carbocycles. The molecular weight excluding hydrogens is 322 g/mol. The second kappa shape index (κ2) is 5.84. The second-order valence-corrected chi connectivity index (χ2v) is 6.35. The minimum Gasteiger partial charge on any atom is -0.496 e. The molecule has 0 saturated heterocycles. The molecule has 0 saturated carbocycles. The molecule has 0 aromatic heterocycles. The topological polar surface area (TPSA) is 38.3 Å². The Morgan fingerprint density at radius 1 is 1.08 bits per heavy atom. The fourth-order valence-corrected chi connectivity index (χ4v) is 3.58. The van der Waals surface area contributed by atoms with Gasteiger partial charge in [-0.2, -0.15) is 0 Å². The number of anilines is 1. The Hall–Kier alpha value is -2.52. The Morgan fingerprint density at radius 2 is 1.88 bits per heavy atom. The predicted molar refractivity (Wildman–Crippen MR) is 97.3 cm³/mol. The fourth-order valence-electron chi connectivity index (χ4n) is 3.40. The lowest BCUT2D eigenvalue weighted by Crippen LogP contribution is -2.13. The molecule has 1 amide bonds. The van der Waals surface area contributed by atoms with Crippen molar-refractivity contribution in [3.8, 4) is 5.75 Å². The summed E-state index contributed by atoms with van der Waals surface area (Å²) >= 11 is 6.03. The molecule has 24 heavy (non-hydrogen) atoms. The van der Waals surface area contributed by atoms with E-state index in [1.807, 2.05) is 12.1 Å². The first kappa shape index (κ1) is 15.0. The first-order valence-electron chi connectivity index (χ1n) is 7.86. The summed E-state index contributed by atoms with van der Waals surface area (Å²) in [5, 5.41) is 5.86. The fraction of sp³-hybridized carbons (Fsp3) is 0.150. The maximum absolute atomic E-state index is 12.7. The number of hydrogen-bond donors (Lipinski definition) is 1. The van der Waals surface area contributed by atoms with Crippen LogP contribution in [0.1, 0.15) is 21.5 Å². The van der Waals surface area contributed by atoms with Gasteiger partial charge in [0.2, 0.25) is 0 Å². The molecule has 3 aromatic carbocycles. The lowest BCUT2D eigenvalue weighted by Gasteiger charge is -2.12. The number of halogens is 1. The summed E-state index contributed by atoms with van der Waals surface area (Å²) in [7, 11) is 1.54. The van der Waals surface area contributed by atoms with Crippen LogP contribution < -0.4 is 10.1 Å². The minimum absolute atomic E-state index is 0.229. The summed E-state index contributed by atoms with van der Waals surface area (Å²) in [6, 6.07) is 15.4. The molecule has 0 spiro atoms. The van der Waals surface area contributed by atoms with Crippen molar-refractivity contribution >= 4 is 34.0 Å². The number of methoxy groups -OCH3 is 1. The van der Waals surface area contributed by atoms with Gasteiger partial charge in [-0.1, -0.05) is 35.9 Å². The third kappa shape index (κ3) is 2.42. The lowest BCUT2D eigenvalue weighted by molar-refractivity contribution is 0.102. The number of carbonyl (C=O) groups is 1. The van der Waals surface area contributed by atoms with Crippen molar-refractivity contribution in [1.29, 1.82) is 0 Å². The molecule has 0 fully saturated rings. The van der Waals surface area contributed by atoms with Gasteiger partial charge in [0, 0.05) is 16.1 Å². The molecule has 0 unspecified atom stereocenters. The normalized spacial score (nSPS) is 12.4. The van der Waals surface area contributed by atoms with E-state index in [2.05, 4.69) is 23.5 Å². The van der Waals surface area contributed by atoms with Crippen LogP contribution >= 0.6 is 11.6 Å². The van der Waals surface area contributed by atoms with Gasteiger partial charge < -0.3 is 10.1 Å². The highest BCUT2D eigenvalue weighted by atomic mass is 35.5. The Labute approximate surface area is 145 Å². The number of benzene rings is 3. The average Bonchev–Trinajstić information content (AvgIpc) is 3.02. The third-order valence-electron chi connectivity index (χ3n) is 4.53. The molecule has 3 nitrogen and oxygen atoms in total. The summed E-state index contributed by atoms with van der Waals surface area (Å²) in [4.78, 5) is 12.7. The summed E-state index contributed by atoms with van der Waals surface area (Å²) in [6.45, 7) is 0. The van der Waals surface area contributed by atoms with Crippen LogP contribution in [0.4, 0.5) is 5.69 Å². The largest absolute Gasteiger partial charge is 0.496 e. The van der Waals surface area contributed by atoms with E-state index in [-0.39, 0.29) is 5.91 Å². The van der Waals surface area contributed by atoms with Gasteiger partial charge in [-0.05, 0) is 53.6 Å². The summed E-state index contributed by atoms with van der Waals surface area (Å²) in [5.74, 6) is 0.274. The van der Waals surface area contributed by atoms with Gasteiger partial charge in [0.1, 0.15) is 5.75 Å². The predicted octanol–water partition coefficient (Wildman–Crippen LogP) is 4.85. The van der Waals surface area contributed by atoms with Crippen molar-refractivity contribution in [2.75, 3.05) is 12.4 Å². The number of carbonyl (C=O) groups excluding carboxylic acids is 1. The highest BCUT2D eigenvalue weighted by Gasteiger charge is 2.18. The SMILES string of the molecule is COc1ccc(Cl)cc1C(=O)Nc1ccc2c3c(cccc13)CC2. The van der Waals surface area contributed by atoms with Crippen LogP contribution in [0.2, 0.25) is 5.02 Å². The first-order valence-corrected chi connectivity index (χ1v) is 8.23. The molecule has 1 N–H and O–H groups in total. The highest BCUT2D eigenvalue weighted by Crippen LogP contribution is 2.35. The molecule has 120 valence electrons. The van der Waals surface area contributed by atoms with Crippen LogP contribution in [0.15, 0.2) is 48.5 Å². The Balaban J connectivity index is 1.76. The third-order valence-corrected chi connectivity index (χ3v) is 4.77. The zero-order chi connectivity index (χ0) is 16.7. The zero-order valence-electron chi connectivity index (χ0n) is 13.2. The minimum atomic E-state index is -0.229. The van der Waals surface area contributed by atoms with Crippen molar-refractivity contribution in [3.05, 3.63) is 70.2 Å². The van der Waals surface area contributed by atoms with Gasteiger partial charge in [-0.25, -0.2) is 0 Å². The van der Waals surface area contributed by atoms with E-state index in [0.717, 1.165) is 23.9 Å². The molecule has 0 atom stereocenters. The van der Waals surface area contributed by atoms with Crippen LogP contribution in [0.25, 0.3) is 10.8 Å². The van der Waals surface area contributed by atoms with E-state index in [4.69, 9.17) is 16.3 Å². The van der Waals surface area contributed by atoms with E-state index in [9.17, 15) is 4.79 Å². The average molecular weight is 338 g/mol. The van der Waals surface area contributed by atoms with Gasteiger partial charge in [-0.15, -0.1) is 0 Å². The summed E-state index contributed by atoms with van der Waals surface area (Å²) in [5.41, 5.74) is 3.93. The number of hydrogen-bond acceptors (Lipinski definition) is 2. The highest BCUT2D eigenvalue weighted by molar-refractivity contribution is 6.31. The number of rotatable bonds is 3. The van der Waals surface area contributed by atoms with Crippen molar-refractivity contribution in [2.45, 2.75) is 12.8 Å². The number of amides is 1. The molecular formula is C20H16ClNO2. The van der Waals surface area contributed by atoms with Crippen LogP contribution in [-0.4, -0.2) is 13.0 Å². The molecule has 0 heterocycles. The maximum atomic E-state index is 12.7. The molecule has 4 heteroatoms. The van der Waals surface area contributed by atoms with Gasteiger partial charge in [0.15, 0.2) is 0 Å². The van der Waals surface area contributed by atoms with Crippen LogP contribution in [0.3, 0.4) is 0 Å². The molecule has 4 rings (SSSR count). The monoisotopic (exact) mass is 337 g/mol. The first-order chi connectivity index (χ1) is 11.7. The number of ether oxygens (including phenoxy) is 1. The Morgan fingerprint density at radius 3 is 2.67 bits per heavy atom. The van der Waals surface area contributed by atoms with Crippen molar-refractivity contribution in [2.24, 2.45) is 0 Å². The van der Waals surface area contributed by atoms with Crippen molar-refractivity contribution in [1.82, 2.24) is 0 Å². The Bertz CT molecular complexity index is 955. The van der Waals surface area contributed by atoms with Gasteiger partial charge >= 0.3 is 0 Å². The maximum Gasteiger partial charge on any atom is 0.259 e. The molecule has 0 radical (unpaired) electrons. The van der Waals surface area contributed by atoms with Crippen molar-refractivity contribution in [3.63, 3.8) is 0 Å². The van der Waals surface area contributed by atoms with Crippen LogP contribution in [0.5, 0.6) is 5.75 Å². The number of nitrogens with one attached hydrogen (secondary N) is 1. The van der Waals surface area contributed by atoms with E-state index < -0.39 is 0 Å². The Kier molecular flexibility index (Phi) is 3.66. The van der Waals surface area contributed by atoms with E-state index in [1.54, 1.807) is 25.3 Å². The van der Waals surface area contributed by atoms with Crippen LogP contribution in [-0.2, 0) is 12.8 Å². The van der Waals surface area contributed by atoms with Gasteiger partial charge in [-0.3, -0.25) is 4.79 Å². The summed E-state index contributed by atoms with van der Waals surface area (Å²) in [6.07, 6.45) is 2.12. The quantitative estimate of drug-likeness (QED) is 0.741. The lowest BCUT2D eigenvalue weighted by atomic mass is 10.0. The summed E-state index contributed by atoms with van der Waals surface area (Å²) < 4.78 is 5.28. The van der Waals surface area contributed by atoms with E-state index in [0.29, 0.717) is 16.3 Å². The molecule has 3 aromatic rings. The van der Waals surface area contributed by atoms with Crippen molar-refractivity contribution < 1.29 is 9.53 Å². The smallest absolute Gasteiger partial charge is 0.259 e. The number of aryl methyl sites for hydroxylation is 2. The van der Waals surface area contributed by atoms with E-state index >= 15 is 0 Å². The second-order valence-electron chi connectivity index (χ2n) is 5.91.